The molecule has 0 saturated heterocycles. The molecule has 1 aliphatic heterocycles. The Bertz CT molecular complexity index is 1610. The molecule has 4 N–H and O–H groups in total. The second-order valence-corrected chi connectivity index (χ2v) is 12.5. The predicted octanol–water partition coefficient (Wildman–Crippen LogP) is 6.68. The quantitative estimate of drug-likeness (QED) is 0.136. The van der Waals surface area contributed by atoms with Gasteiger partial charge in [-0.25, -0.2) is 13.2 Å². The molecule has 3 aromatic carbocycles. The molecule has 5 rings (SSSR count). The van der Waals surface area contributed by atoms with Crippen LogP contribution in [0.1, 0.15) is 55.5 Å². The van der Waals surface area contributed by atoms with Gasteiger partial charge >= 0.3 is 6.03 Å². The van der Waals surface area contributed by atoms with Gasteiger partial charge in [0.2, 0.25) is 0 Å². The summed E-state index contributed by atoms with van der Waals surface area (Å²) in [6.07, 6.45) is 8.03. The summed E-state index contributed by atoms with van der Waals surface area (Å²) >= 11 is 0. The Kier molecular flexibility index (Phi) is 10.1. The maximum absolute atomic E-state index is 13.0. The molecule has 2 heterocycles. The molecule has 4 aromatic rings. The van der Waals surface area contributed by atoms with Crippen molar-refractivity contribution in [3.8, 4) is 11.1 Å². The van der Waals surface area contributed by atoms with Gasteiger partial charge in [0, 0.05) is 48.8 Å². The van der Waals surface area contributed by atoms with Crippen LogP contribution in [0.5, 0.6) is 0 Å². The number of sulfonamides is 1. The van der Waals surface area contributed by atoms with E-state index in [1.54, 1.807) is 24.3 Å². The first-order valence-corrected chi connectivity index (χ1v) is 16.4. The lowest BCUT2D eigenvalue weighted by Gasteiger charge is -2.26. The number of carbonyl (C=O) groups is 1. The minimum Gasteiger partial charge on any atom is -0.338 e. The van der Waals surface area contributed by atoms with E-state index < -0.39 is 10.0 Å². The highest BCUT2D eigenvalue weighted by Crippen LogP contribution is 2.27. The lowest BCUT2D eigenvalue weighted by molar-refractivity contribution is 0.252. The van der Waals surface area contributed by atoms with Crippen molar-refractivity contribution in [2.45, 2.75) is 56.4 Å². The number of urea groups is 1. The van der Waals surface area contributed by atoms with Crippen molar-refractivity contribution in [2.24, 2.45) is 0 Å². The average molecular weight is 598 g/mol. The number of nitrogens with zero attached hydrogens (tertiary/aromatic N) is 1. The van der Waals surface area contributed by atoms with Crippen LogP contribution < -0.4 is 20.7 Å². The smallest absolute Gasteiger partial charge is 0.319 e. The molecule has 9 heteroatoms. The summed E-state index contributed by atoms with van der Waals surface area (Å²) in [5.74, 6) is 0. The lowest BCUT2D eigenvalue weighted by atomic mass is 9.93. The van der Waals surface area contributed by atoms with Crippen molar-refractivity contribution in [2.75, 3.05) is 23.1 Å². The fourth-order valence-corrected chi connectivity index (χ4v) is 6.35. The maximum atomic E-state index is 13.0. The molecule has 8 nitrogen and oxygen atoms in total. The van der Waals surface area contributed by atoms with E-state index in [0.29, 0.717) is 17.9 Å². The molecule has 0 spiro atoms. The van der Waals surface area contributed by atoms with Gasteiger partial charge in [0.25, 0.3) is 10.0 Å². The lowest BCUT2D eigenvalue weighted by Crippen LogP contribution is -2.31. The number of benzene rings is 3. The first-order chi connectivity index (χ1) is 20.9. The summed E-state index contributed by atoms with van der Waals surface area (Å²) in [6, 6.07) is 26.1. The van der Waals surface area contributed by atoms with Gasteiger partial charge in [0.1, 0.15) is 0 Å². The van der Waals surface area contributed by atoms with Gasteiger partial charge in [-0.2, -0.15) is 0 Å². The average Bonchev–Trinajstić information content (AvgIpc) is 3.02. The predicted molar refractivity (Wildman–Crippen MR) is 173 cm³/mol. The number of hydrogen-bond acceptors (Lipinski definition) is 5. The summed E-state index contributed by atoms with van der Waals surface area (Å²) < 4.78 is 28.6. The molecule has 0 fully saturated rings. The second kappa shape index (κ2) is 14.3. The number of carbonyl (C=O) groups excluding carboxylic acids is 1. The Morgan fingerprint density at radius 2 is 1.58 bits per heavy atom. The molecule has 1 unspecified atom stereocenters. The van der Waals surface area contributed by atoms with Crippen molar-refractivity contribution in [1.29, 1.82) is 0 Å². The molecular formula is C34H39N5O3S. The zero-order valence-electron chi connectivity index (χ0n) is 24.5. The van der Waals surface area contributed by atoms with Crippen LogP contribution in [0.15, 0.2) is 96.0 Å². The SMILES string of the molecule is CCCCCCNC(=O)Nc1ccc(S(=O)(=O)Nc2ccc(-c3ccc(CC4NCCc5ncccc54)cc3)cc2)cc1. The number of aromatic nitrogens is 1. The number of anilines is 2. The third-order valence-electron chi connectivity index (χ3n) is 7.66. The molecule has 0 aliphatic carbocycles. The zero-order chi connectivity index (χ0) is 30.1. The topological polar surface area (TPSA) is 112 Å². The van der Waals surface area contributed by atoms with Crippen LogP contribution in [0, 0.1) is 0 Å². The monoisotopic (exact) mass is 597 g/mol. The third-order valence-corrected chi connectivity index (χ3v) is 9.05. The van der Waals surface area contributed by atoms with Crippen LogP contribution in [0.25, 0.3) is 11.1 Å². The molecule has 1 atom stereocenters. The van der Waals surface area contributed by atoms with Crippen LogP contribution in [-0.2, 0) is 22.9 Å². The number of amides is 2. The zero-order valence-corrected chi connectivity index (χ0v) is 25.3. The molecule has 1 aromatic heterocycles. The normalized spacial score (nSPS) is 14.5. The van der Waals surface area contributed by atoms with Gasteiger partial charge in [-0.1, -0.05) is 68.7 Å². The number of fused-ring (bicyclic) bond motifs is 1. The molecular weight excluding hydrogens is 558 g/mol. The van der Waals surface area contributed by atoms with Gasteiger partial charge in [-0.05, 0) is 77.6 Å². The van der Waals surface area contributed by atoms with E-state index in [9.17, 15) is 13.2 Å². The number of rotatable bonds is 12. The van der Waals surface area contributed by atoms with Crippen molar-refractivity contribution in [3.63, 3.8) is 0 Å². The van der Waals surface area contributed by atoms with Gasteiger partial charge in [0.15, 0.2) is 0 Å². The van der Waals surface area contributed by atoms with Crippen molar-refractivity contribution in [1.82, 2.24) is 15.6 Å². The Hall–Kier alpha value is -4.21. The second-order valence-electron chi connectivity index (χ2n) is 10.8. The van der Waals surface area contributed by atoms with E-state index in [-0.39, 0.29) is 17.0 Å². The van der Waals surface area contributed by atoms with E-state index in [4.69, 9.17) is 0 Å². The standard InChI is InChI=1S/C34H39N5O3S/c1-2-3-4-5-21-37-34(40)38-28-16-18-30(19-17-28)43(41,42)39-29-14-12-27(13-15-29)26-10-8-25(9-11-26)24-33-31-7-6-22-35-32(31)20-23-36-33/h6-19,22,33,36,39H,2-5,20-21,23-24H2,1H3,(H2,37,38,40). The van der Waals surface area contributed by atoms with Gasteiger partial charge < -0.3 is 16.0 Å². The molecule has 0 saturated carbocycles. The highest BCUT2D eigenvalue weighted by molar-refractivity contribution is 7.92. The molecule has 1 aliphatic rings. The summed E-state index contributed by atoms with van der Waals surface area (Å²) in [5.41, 5.74) is 6.76. The minimum atomic E-state index is -3.79. The summed E-state index contributed by atoms with van der Waals surface area (Å²) in [6.45, 7) is 3.69. The van der Waals surface area contributed by atoms with Crippen LogP contribution in [0.4, 0.5) is 16.2 Å². The highest BCUT2D eigenvalue weighted by atomic mass is 32.2. The number of unbranched alkanes of at least 4 members (excludes halogenated alkanes) is 3. The Morgan fingerprint density at radius 1 is 0.884 bits per heavy atom. The van der Waals surface area contributed by atoms with E-state index in [2.05, 4.69) is 62.9 Å². The Morgan fingerprint density at radius 3 is 2.30 bits per heavy atom. The molecule has 2 amide bonds. The number of nitrogens with one attached hydrogen (secondary N) is 4. The summed E-state index contributed by atoms with van der Waals surface area (Å²) in [5, 5.41) is 9.17. The Balaban J connectivity index is 1.15. The molecule has 224 valence electrons. The summed E-state index contributed by atoms with van der Waals surface area (Å²) in [7, 11) is -3.79. The van der Waals surface area contributed by atoms with Crippen molar-refractivity contribution >= 4 is 27.4 Å². The molecule has 0 radical (unpaired) electrons. The van der Waals surface area contributed by atoms with Crippen molar-refractivity contribution < 1.29 is 13.2 Å². The largest absolute Gasteiger partial charge is 0.338 e. The fourth-order valence-electron chi connectivity index (χ4n) is 5.29. The van der Waals surface area contributed by atoms with Crippen LogP contribution in [0.2, 0.25) is 0 Å². The molecule has 43 heavy (non-hydrogen) atoms. The van der Waals surface area contributed by atoms with E-state index in [1.165, 1.54) is 29.0 Å². The van der Waals surface area contributed by atoms with Crippen molar-refractivity contribution in [3.05, 3.63) is 108 Å². The van der Waals surface area contributed by atoms with Crippen LogP contribution in [0.3, 0.4) is 0 Å². The fraction of sp³-hybridized carbons (Fsp3) is 0.294. The van der Waals surface area contributed by atoms with Crippen LogP contribution in [-0.4, -0.2) is 32.5 Å². The van der Waals surface area contributed by atoms with Gasteiger partial charge in [-0.3, -0.25) is 9.71 Å². The third kappa shape index (κ3) is 8.21. The number of pyridine rings is 1. The van der Waals surface area contributed by atoms with Gasteiger partial charge in [0.05, 0.1) is 4.90 Å². The first-order valence-electron chi connectivity index (χ1n) is 15.0. The molecule has 0 bridgehead atoms. The highest BCUT2D eigenvalue weighted by Gasteiger charge is 2.20. The first kappa shape index (κ1) is 30.3. The summed E-state index contributed by atoms with van der Waals surface area (Å²) in [4.78, 5) is 16.7. The Labute approximate surface area is 254 Å². The maximum Gasteiger partial charge on any atom is 0.319 e. The van der Waals surface area contributed by atoms with E-state index >= 15 is 0 Å². The number of hydrogen-bond donors (Lipinski definition) is 4. The van der Waals surface area contributed by atoms with Gasteiger partial charge in [-0.15, -0.1) is 0 Å². The minimum absolute atomic E-state index is 0.114. The van der Waals surface area contributed by atoms with Crippen LogP contribution >= 0.6 is 0 Å². The van der Waals surface area contributed by atoms with E-state index in [1.807, 2.05) is 24.4 Å². The van der Waals surface area contributed by atoms with E-state index in [0.717, 1.165) is 56.2 Å².